The van der Waals surface area contributed by atoms with Crippen LogP contribution in [-0.4, -0.2) is 18.1 Å². The molecule has 14 heavy (non-hydrogen) atoms. The molecule has 1 rings (SSSR count). The van der Waals surface area contributed by atoms with Crippen molar-refractivity contribution in [1.29, 1.82) is 0 Å². The Morgan fingerprint density at radius 3 is 2.14 bits per heavy atom. The fourth-order valence-corrected chi connectivity index (χ4v) is 1.41. The van der Waals surface area contributed by atoms with Crippen LogP contribution in [0.15, 0.2) is 24.3 Å². The molecule has 0 saturated heterocycles. The predicted molar refractivity (Wildman–Crippen MR) is 52.2 cm³/mol. The number of aliphatic hydroxyl groups excluding tert-OH is 1. The number of benzene rings is 1. The molecule has 0 aliphatic carbocycles. The van der Waals surface area contributed by atoms with E-state index in [0.717, 1.165) is 0 Å². The molecule has 0 amide bonds. The van der Waals surface area contributed by atoms with Gasteiger partial charge in [-0.05, 0) is 24.6 Å². The maximum Gasteiger partial charge on any atom is 0.357 e. The molecule has 0 aromatic heterocycles. The largest absolute Gasteiger partial charge is 0.389 e. The first-order valence-electron chi connectivity index (χ1n) is 3.92. The Hall–Kier alpha value is -1.11. The Bertz CT molecular complexity index is 396. The Labute approximate surface area is 82.3 Å². The van der Waals surface area contributed by atoms with Crippen molar-refractivity contribution in [3.8, 4) is 0 Å². The molecule has 0 spiro atoms. The summed E-state index contributed by atoms with van der Waals surface area (Å²) in [4.78, 5) is 0. The van der Waals surface area contributed by atoms with Gasteiger partial charge in [0.05, 0.1) is 11.8 Å². The van der Waals surface area contributed by atoms with Crippen LogP contribution in [-0.2, 0) is 10.3 Å². The quantitative estimate of drug-likeness (QED) is 0.658. The number of aliphatic hydroxyl groups is 1. The molecule has 3 N–H and O–H groups in total. The van der Waals surface area contributed by atoms with Crippen molar-refractivity contribution < 1.29 is 18.1 Å². The molecule has 0 saturated carbocycles. The second-order valence-corrected chi connectivity index (χ2v) is 4.03. The molecule has 1 aromatic rings. The zero-order valence-corrected chi connectivity index (χ0v) is 8.32. The summed E-state index contributed by atoms with van der Waals surface area (Å²) >= 11 is 0. The molecule has 0 radical (unpaired) electrons. The van der Waals surface area contributed by atoms with Gasteiger partial charge in [-0.1, -0.05) is 12.1 Å². The van der Waals surface area contributed by atoms with Gasteiger partial charge in [0.2, 0.25) is 0 Å². The Balaban J connectivity index is 2.84. The lowest BCUT2D eigenvalue weighted by atomic mass is 10.1. The summed E-state index contributed by atoms with van der Waals surface area (Å²) in [5.74, 6) is 0. The highest BCUT2D eigenvalue weighted by atomic mass is 32.2. The summed E-state index contributed by atoms with van der Waals surface area (Å²) in [6, 6.07) is 6.04. The van der Waals surface area contributed by atoms with Gasteiger partial charge in [0.25, 0.3) is 0 Å². The topological polar surface area (TPSA) is 86.6 Å². The van der Waals surface area contributed by atoms with Gasteiger partial charge < -0.3 is 5.11 Å². The van der Waals surface area contributed by atoms with Gasteiger partial charge in [-0.25, -0.2) is 0 Å². The highest BCUT2D eigenvalue weighted by molar-refractivity contribution is 7.87. The van der Waals surface area contributed by atoms with E-state index in [2.05, 4.69) is 0 Å². The van der Waals surface area contributed by atoms with Crippen molar-refractivity contribution in [2.45, 2.75) is 13.0 Å². The van der Waals surface area contributed by atoms with Gasteiger partial charge in [-0.2, -0.15) is 8.42 Å². The van der Waals surface area contributed by atoms with Gasteiger partial charge in [-0.15, -0.1) is 0 Å². The molecule has 6 heteroatoms. The Morgan fingerprint density at radius 2 is 1.79 bits per heavy atom. The predicted octanol–water partition coefficient (Wildman–Crippen LogP) is 0.955. The van der Waals surface area contributed by atoms with Gasteiger partial charge >= 0.3 is 10.3 Å². The molecule has 0 bridgehead atoms. The zero-order chi connectivity index (χ0) is 10.8. The van der Waals surface area contributed by atoms with Crippen LogP contribution in [0.25, 0.3) is 0 Å². The van der Waals surface area contributed by atoms with E-state index in [1.54, 1.807) is 19.1 Å². The summed E-state index contributed by atoms with van der Waals surface area (Å²) in [6.07, 6.45) is -0.602. The average molecular weight is 217 g/mol. The molecule has 0 fully saturated rings. The number of nitrogens with one attached hydrogen (secondary N) is 1. The SMILES string of the molecule is CC(O)c1ccc(NS(=O)(=O)O)cc1. The van der Waals surface area contributed by atoms with Crippen LogP contribution in [0.3, 0.4) is 0 Å². The third-order valence-corrected chi connectivity index (χ3v) is 2.13. The standard InChI is InChI=1S/C8H11NO4S/c1-6(10)7-2-4-8(5-3-7)9-14(11,12)13/h2-6,9-10H,1H3,(H,11,12,13). The molecule has 0 aliphatic heterocycles. The van der Waals surface area contributed by atoms with Crippen LogP contribution in [0.2, 0.25) is 0 Å². The molecule has 78 valence electrons. The summed E-state index contributed by atoms with van der Waals surface area (Å²) in [6.45, 7) is 1.60. The van der Waals surface area contributed by atoms with E-state index < -0.39 is 16.4 Å². The van der Waals surface area contributed by atoms with Gasteiger partial charge in [0, 0.05) is 0 Å². The molecule has 5 nitrogen and oxygen atoms in total. The molecule has 1 aromatic carbocycles. The average Bonchev–Trinajstić information content (AvgIpc) is 2.02. The highest BCUT2D eigenvalue weighted by Gasteiger charge is 2.04. The monoisotopic (exact) mass is 217 g/mol. The first-order chi connectivity index (χ1) is 6.38. The van der Waals surface area contributed by atoms with E-state index in [1.807, 2.05) is 4.72 Å². The molecular formula is C8H11NO4S. The normalized spacial score (nSPS) is 13.6. The fourth-order valence-electron chi connectivity index (χ4n) is 0.979. The molecular weight excluding hydrogens is 206 g/mol. The van der Waals surface area contributed by atoms with Crippen LogP contribution >= 0.6 is 0 Å². The van der Waals surface area contributed by atoms with Crippen molar-refractivity contribution in [2.75, 3.05) is 4.72 Å². The minimum atomic E-state index is -4.22. The third-order valence-electron chi connectivity index (χ3n) is 1.64. The van der Waals surface area contributed by atoms with Crippen molar-refractivity contribution >= 4 is 16.0 Å². The van der Waals surface area contributed by atoms with Crippen LogP contribution in [0, 0.1) is 0 Å². The van der Waals surface area contributed by atoms with Gasteiger partial charge in [0.1, 0.15) is 0 Å². The van der Waals surface area contributed by atoms with E-state index in [-0.39, 0.29) is 5.69 Å². The first-order valence-corrected chi connectivity index (χ1v) is 5.36. The van der Waals surface area contributed by atoms with Gasteiger partial charge in [0.15, 0.2) is 0 Å². The van der Waals surface area contributed by atoms with E-state index in [9.17, 15) is 8.42 Å². The number of hydrogen-bond acceptors (Lipinski definition) is 3. The lowest BCUT2D eigenvalue weighted by molar-refractivity contribution is 0.199. The maximum absolute atomic E-state index is 10.4. The molecule has 0 aliphatic rings. The summed E-state index contributed by atoms with van der Waals surface area (Å²) in [7, 11) is -4.22. The van der Waals surface area contributed by atoms with Crippen LogP contribution < -0.4 is 4.72 Å². The summed E-state index contributed by atoms with van der Waals surface area (Å²) < 4.78 is 31.2. The Kier molecular flexibility index (Phi) is 3.10. The second-order valence-electron chi connectivity index (χ2n) is 2.88. The minimum absolute atomic E-state index is 0.247. The van der Waals surface area contributed by atoms with Crippen LogP contribution in [0.5, 0.6) is 0 Å². The first kappa shape index (κ1) is 11.0. The smallest absolute Gasteiger partial charge is 0.357 e. The fraction of sp³-hybridized carbons (Fsp3) is 0.250. The van der Waals surface area contributed by atoms with E-state index in [1.165, 1.54) is 12.1 Å². The van der Waals surface area contributed by atoms with Crippen molar-refractivity contribution in [3.63, 3.8) is 0 Å². The van der Waals surface area contributed by atoms with Crippen molar-refractivity contribution in [3.05, 3.63) is 29.8 Å². The zero-order valence-electron chi connectivity index (χ0n) is 7.51. The lowest BCUT2D eigenvalue weighted by Gasteiger charge is -2.06. The van der Waals surface area contributed by atoms with Crippen LogP contribution in [0.4, 0.5) is 5.69 Å². The van der Waals surface area contributed by atoms with Gasteiger partial charge in [-0.3, -0.25) is 9.27 Å². The second kappa shape index (κ2) is 3.95. The minimum Gasteiger partial charge on any atom is -0.389 e. The lowest BCUT2D eigenvalue weighted by Crippen LogP contribution is -2.10. The van der Waals surface area contributed by atoms with Crippen LogP contribution in [0.1, 0.15) is 18.6 Å². The summed E-state index contributed by atoms with van der Waals surface area (Å²) in [5.41, 5.74) is 0.919. The van der Waals surface area contributed by atoms with Crippen molar-refractivity contribution in [2.24, 2.45) is 0 Å². The third kappa shape index (κ3) is 3.33. The maximum atomic E-state index is 10.4. The molecule has 1 unspecified atom stereocenters. The van der Waals surface area contributed by atoms with E-state index in [0.29, 0.717) is 5.56 Å². The summed E-state index contributed by atoms with van der Waals surface area (Å²) in [5, 5.41) is 9.16. The van der Waals surface area contributed by atoms with Crippen molar-refractivity contribution in [1.82, 2.24) is 0 Å². The molecule has 1 atom stereocenters. The Morgan fingerprint density at radius 1 is 1.29 bits per heavy atom. The van der Waals surface area contributed by atoms with E-state index >= 15 is 0 Å². The number of hydrogen-bond donors (Lipinski definition) is 3. The highest BCUT2D eigenvalue weighted by Crippen LogP contribution is 2.15. The number of anilines is 1. The molecule has 0 heterocycles. The number of rotatable bonds is 3. The van der Waals surface area contributed by atoms with E-state index in [4.69, 9.17) is 9.66 Å².